The van der Waals surface area contributed by atoms with Gasteiger partial charge in [-0.2, -0.15) is 5.10 Å². The second-order valence-electron chi connectivity index (χ2n) is 6.34. The van der Waals surface area contributed by atoms with E-state index in [2.05, 4.69) is 43.1 Å². The molecule has 0 atom stereocenters. The number of carbonyl (C=O) groups is 2. The monoisotopic (exact) mass is 331 g/mol. The van der Waals surface area contributed by atoms with Crippen LogP contribution < -0.4 is 16.1 Å². The molecular weight excluding hydrogens is 306 g/mol. The third kappa shape index (κ3) is 3.73. The lowest BCUT2D eigenvalue weighted by Gasteiger charge is -2.32. The molecule has 1 aliphatic heterocycles. The minimum atomic E-state index is -0.794. The van der Waals surface area contributed by atoms with Crippen molar-refractivity contribution in [1.82, 2.24) is 10.3 Å². The Kier molecular flexibility index (Phi) is 5.56. The maximum Gasteiger partial charge on any atom is 0.332 e. The van der Waals surface area contributed by atoms with Crippen molar-refractivity contribution in [3.8, 4) is 0 Å². The van der Waals surface area contributed by atoms with E-state index in [1.165, 1.54) is 0 Å². The number of primary amides is 1. The number of hydrazone groups is 1. The highest BCUT2D eigenvalue weighted by atomic mass is 16.2. The molecule has 7 heteroatoms. The lowest BCUT2D eigenvalue weighted by molar-refractivity contribution is -0.112. The standard InChI is InChI=1S/C17H25N5O2/c1-11(2)21(12(3)4)9-10-22-14-8-6-5-7-13(14)15(16(22)23)19-20-17(18)24/h5-8,11-12H,9-10H2,1-4H3,(H3,18,20,24)/b19-15-. The summed E-state index contributed by atoms with van der Waals surface area (Å²) in [6.45, 7) is 9.88. The highest BCUT2D eigenvalue weighted by Crippen LogP contribution is 2.28. The number of amides is 3. The van der Waals surface area contributed by atoms with Gasteiger partial charge in [0.2, 0.25) is 0 Å². The van der Waals surface area contributed by atoms with Crippen molar-refractivity contribution < 1.29 is 9.59 Å². The Hall–Kier alpha value is -2.41. The van der Waals surface area contributed by atoms with Gasteiger partial charge in [0, 0.05) is 30.7 Å². The molecule has 0 saturated carbocycles. The number of para-hydroxylation sites is 1. The molecule has 130 valence electrons. The summed E-state index contributed by atoms with van der Waals surface area (Å²) in [6, 6.07) is 7.41. The fourth-order valence-electron chi connectivity index (χ4n) is 3.03. The number of fused-ring (bicyclic) bond motifs is 1. The summed E-state index contributed by atoms with van der Waals surface area (Å²) in [4.78, 5) is 27.6. The van der Waals surface area contributed by atoms with Gasteiger partial charge >= 0.3 is 6.03 Å². The molecule has 0 bridgehead atoms. The number of nitrogens with zero attached hydrogens (tertiary/aromatic N) is 3. The van der Waals surface area contributed by atoms with Crippen LogP contribution in [0.25, 0.3) is 0 Å². The smallest absolute Gasteiger partial charge is 0.332 e. The maximum atomic E-state index is 12.7. The molecule has 0 radical (unpaired) electrons. The first kappa shape index (κ1) is 17.9. The molecule has 3 amide bonds. The second-order valence-corrected chi connectivity index (χ2v) is 6.34. The molecule has 0 aromatic heterocycles. The number of anilines is 1. The quantitative estimate of drug-likeness (QED) is 0.774. The Bertz CT molecular complexity index is 646. The minimum Gasteiger partial charge on any atom is -0.350 e. The first-order valence-corrected chi connectivity index (χ1v) is 8.13. The van der Waals surface area contributed by atoms with E-state index in [1.54, 1.807) is 4.90 Å². The largest absolute Gasteiger partial charge is 0.350 e. The van der Waals surface area contributed by atoms with Crippen LogP contribution >= 0.6 is 0 Å². The van der Waals surface area contributed by atoms with Crippen molar-refractivity contribution in [3.05, 3.63) is 29.8 Å². The van der Waals surface area contributed by atoms with Crippen LogP contribution in [0.5, 0.6) is 0 Å². The van der Waals surface area contributed by atoms with Crippen LogP contribution in [0, 0.1) is 0 Å². The van der Waals surface area contributed by atoms with Gasteiger partial charge in [-0.15, -0.1) is 0 Å². The van der Waals surface area contributed by atoms with Crippen molar-refractivity contribution in [3.63, 3.8) is 0 Å². The fraction of sp³-hybridized carbons (Fsp3) is 0.471. The zero-order valence-corrected chi connectivity index (χ0v) is 14.6. The van der Waals surface area contributed by atoms with Gasteiger partial charge in [-0.25, -0.2) is 10.2 Å². The van der Waals surface area contributed by atoms with E-state index in [9.17, 15) is 9.59 Å². The van der Waals surface area contributed by atoms with E-state index in [0.717, 1.165) is 12.2 Å². The van der Waals surface area contributed by atoms with Gasteiger partial charge < -0.3 is 10.6 Å². The molecule has 1 aromatic carbocycles. The summed E-state index contributed by atoms with van der Waals surface area (Å²) in [5, 5.41) is 3.88. The first-order chi connectivity index (χ1) is 11.3. The summed E-state index contributed by atoms with van der Waals surface area (Å²) in [7, 11) is 0. The van der Waals surface area contributed by atoms with Gasteiger partial charge in [-0.3, -0.25) is 9.69 Å². The maximum absolute atomic E-state index is 12.7. The number of hydrogen-bond acceptors (Lipinski definition) is 4. The number of hydrogen-bond donors (Lipinski definition) is 2. The van der Waals surface area contributed by atoms with Crippen molar-refractivity contribution in [2.45, 2.75) is 39.8 Å². The molecule has 0 fully saturated rings. The molecule has 0 aliphatic carbocycles. The van der Waals surface area contributed by atoms with Crippen molar-refractivity contribution in [2.24, 2.45) is 10.8 Å². The van der Waals surface area contributed by atoms with E-state index in [4.69, 9.17) is 5.73 Å². The SMILES string of the molecule is CC(C)N(CCN1C(=O)/C(=N\NC(N)=O)c2ccccc21)C(C)C. The summed E-state index contributed by atoms with van der Waals surface area (Å²) in [5.41, 5.74) is 8.92. The van der Waals surface area contributed by atoms with Gasteiger partial charge in [-0.1, -0.05) is 18.2 Å². The molecule has 0 saturated heterocycles. The number of benzene rings is 1. The number of rotatable bonds is 6. The molecule has 24 heavy (non-hydrogen) atoms. The number of carbonyl (C=O) groups excluding carboxylic acids is 2. The molecule has 1 aliphatic rings. The van der Waals surface area contributed by atoms with Gasteiger partial charge in [-0.05, 0) is 33.8 Å². The average molecular weight is 331 g/mol. The Balaban J connectivity index is 2.24. The van der Waals surface area contributed by atoms with Gasteiger partial charge in [0.05, 0.1) is 5.69 Å². The van der Waals surface area contributed by atoms with E-state index in [1.807, 2.05) is 24.3 Å². The normalized spacial score (nSPS) is 15.7. The molecule has 7 nitrogen and oxygen atoms in total. The summed E-state index contributed by atoms with van der Waals surface area (Å²) in [6.07, 6.45) is 0. The Morgan fingerprint density at radius 2 is 1.88 bits per heavy atom. The van der Waals surface area contributed by atoms with Crippen molar-refractivity contribution >= 4 is 23.3 Å². The molecule has 2 rings (SSSR count). The summed E-state index contributed by atoms with van der Waals surface area (Å²) >= 11 is 0. The Morgan fingerprint density at radius 3 is 2.46 bits per heavy atom. The van der Waals surface area contributed by atoms with Crippen LogP contribution in [0.15, 0.2) is 29.4 Å². The number of nitrogens with two attached hydrogens (primary N) is 1. The fourth-order valence-corrected chi connectivity index (χ4v) is 3.03. The first-order valence-electron chi connectivity index (χ1n) is 8.13. The van der Waals surface area contributed by atoms with E-state index in [0.29, 0.717) is 24.2 Å². The van der Waals surface area contributed by atoms with Gasteiger partial charge in [0.1, 0.15) is 0 Å². The van der Waals surface area contributed by atoms with Crippen LogP contribution in [-0.2, 0) is 4.79 Å². The van der Waals surface area contributed by atoms with Gasteiger partial charge in [0.15, 0.2) is 5.71 Å². The lowest BCUT2D eigenvalue weighted by Crippen LogP contribution is -2.44. The van der Waals surface area contributed by atoms with Gasteiger partial charge in [0.25, 0.3) is 5.91 Å². The van der Waals surface area contributed by atoms with Crippen LogP contribution in [0.1, 0.15) is 33.3 Å². The highest BCUT2D eigenvalue weighted by Gasteiger charge is 2.34. The molecule has 0 unspecified atom stereocenters. The van der Waals surface area contributed by atoms with Crippen LogP contribution in [0.2, 0.25) is 0 Å². The predicted octanol–water partition coefficient (Wildman–Crippen LogP) is 1.52. The minimum absolute atomic E-state index is 0.213. The van der Waals surface area contributed by atoms with E-state index < -0.39 is 6.03 Å². The molecule has 3 N–H and O–H groups in total. The van der Waals surface area contributed by atoms with Crippen molar-refractivity contribution in [2.75, 3.05) is 18.0 Å². The summed E-state index contributed by atoms with van der Waals surface area (Å²) in [5.74, 6) is -0.225. The number of urea groups is 1. The number of nitrogens with one attached hydrogen (secondary N) is 1. The van der Waals surface area contributed by atoms with Crippen molar-refractivity contribution in [1.29, 1.82) is 0 Å². The Labute approximate surface area is 142 Å². The lowest BCUT2D eigenvalue weighted by atomic mass is 10.1. The molecular formula is C17H25N5O2. The molecule has 0 spiro atoms. The van der Waals surface area contributed by atoms with Crippen LogP contribution in [0.3, 0.4) is 0 Å². The van der Waals surface area contributed by atoms with Crippen LogP contribution in [-0.4, -0.2) is 47.7 Å². The average Bonchev–Trinajstić information content (AvgIpc) is 2.77. The van der Waals surface area contributed by atoms with E-state index >= 15 is 0 Å². The molecule has 1 aromatic rings. The topological polar surface area (TPSA) is 91.0 Å². The second kappa shape index (κ2) is 7.44. The Morgan fingerprint density at radius 1 is 1.25 bits per heavy atom. The summed E-state index contributed by atoms with van der Waals surface area (Å²) < 4.78 is 0. The highest BCUT2D eigenvalue weighted by molar-refractivity contribution is 6.54. The molecule has 1 heterocycles. The predicted molar refractivity (Wildman–Crippen MR) is 95.0 cm³/mol. The van der Waals surface area contributed by atoms with Crippen LogP contribution in [0.4, 0.5) is 10.5 Å². The zero-order valence-electron chi connectivity index (χ0n) is 14.6. The third-order valence-electron chi connectivity index (χ3n) is 4.08. The third-order valence-corrected chi connectivity index (χ3v) is 4.08. The van der Waals surface area contributed by atoms with E-state index in [-0.39, 0.29) is 11.6 Å². The zero-order chi connectivity index (χ0) is 17.9.